The van der Waals surface area contributed by atoms with E-state index in [0.717, 1.165) is 52.3 Å². The third kappa shape index (κ3) is 6.90. The van der Waals surface area contributed by atoms with Crippen LogP contribution in [0.5, 0.6) is 0 Å². The van der Waals surface area contributed by atoms with E-state index in [1.165, 1.54) is 0 Å². The van der Waals surface area contributed by atoms with Gasteiger partial charge in [-0.05, 0) is 55.5 Å². The summed E-state index contributed by atoms with van der Waals surface area (Å²) in [4.78, 5) is 27.9. The Morgan fingerprint density at radius 2 is 2.13 bits per heavy atom. The van der Waals surface area contributed by atoms with Gasteiger partial charge < -0.3 is 14.5 Å². The van der Waals surface area contributed by atoms with Gasteiger partial charge in [0.25, 0.3) is 0 Å². The van der Waals surface area contributed by atoms with Crippen LogP contribution in [0.15, 0.2) is 42.7 Å². The number of rotatable bonds is 10. The molecule has 0 bridgehead atoms. The largest absolute Gasteiger partial charge is 0.351 e. The van der Waals surface area contributed by atoms with Crippen LogP contribution in [0.1, 0.15) is 31.7 Å². The SMILES string of the molecule is Cc1ccnc(Nc2cccc(-c3cnc(N(C)CCCC(C)CC(=O)OCl)s3)n2)c1. The topological polar surface area (TPSA) is 80.2 Å². The molecule has 3 aromatic heterocycles. The normalized spacial score (nSPS) is 11.7. The zero-order valence-corrected chi connectivity index (χ0v) is 19.4. The molecule has 0 spiro atoms. The minimum Gasteiger partial charge on any atom is -0.351 e. The van der Waals surface area contributed by atoms with Crippen molar-refractivity contribution in [3.63, 3.8) is 0 Å². The first-order valence-corrected chi connectivity index (χ1v) is 11.2. The summed E-state index contributed by atoms with van der Waals surface area (Å²) in [6, 6.07) is 9.80. The Bertz CT molecular complexity index is 1010. The van der Waals surface area contributed by atoms with Gasteiger partial charge in [0.05, 0.1) is 10.6 Å². The van der Waals surface area contributed by atoms with E-state index in [2.05, 4.69) is 24.5 Å². The van der Waals surface area contributed by atoms with E-state index in [1.807, 2.05) is 57.4 Å². The number of nitrogens with one attached hydrogen (secondary N) is 1. The molecular weight excluding hydrogens is 434 g/mol. The molecule has 7 nitrogen and oxygen atoms in total. The van der Waals surface area contributed by atoms with E-state index in [9.17, 15) is 4.79 Å². The number of pyridine rings is 2. The van der Waals surface area contributed by atoms with Gasteiger partial charge in [-0.2, -0.15) is 0 Å². The van der Waals surface area contributed by atoms with E-state index in [0.29, 0.717) is 6.42 Å². The molecule has 0 fully saturated rings. The quantitative estimate of drug-likeness (QED) is 0.423. The van der Waals surface area contributed by atoms with Gasteiger partial charge in [0.15, 0.2) is 5.13 Å². The molecule has 31 heavy (non-hydrogen) atoms. The third-order valence-electron chi connectivity index (χ3n) is 4.78. The monoisotopic (exact) mass is 459 g/mol. The second-order valence-electron chi connectivity index (χ2n) is 7.58. The molecule has 3 rings (SSSR count). The Hall–Kier alpha value is -2.71. The summed E-state index contributed by atoms with van der Waals surface area (Å²) in [7, 11) is 2.02. The van der Waals surface area contributed by atoms with Crippen LogP contribution in [0.2, 0.25) is 0 Å². The number of aryl methyl sites for hydroxylation is 1. The Kier molecular flexibility index (Phi) is 8.20. The molecule has 0 aromatic carbocycles. The number of carbonyl (C=O) groups is 1. The van der Waals surface area contributed by atoms with Crippen LogP contribution in [0.25, 0.3) is 10.6 Å². The summed E-state index contributed by atoms with van der Waals surface area (Å²) in [5.41, 5.74) is 2.00. The first-order valence-electron chi connectivity index (χ1n) is 10.1. The maximum absolute atomic E-state index is 11.2. The summed E-state index contributed by atoms with van der Waals surface area (Å²) in [6.07, 6.45) is 5.83. The van der Waals surface area contributed by atoms with Crippen molar-refractivity contribution in [2.45, 2.75) is 33.1 Å². The number of carbonyl (C=O) groups excluding carboxylic acids is 1. The molecule has 3 aromatic rings. The number of anilines is 3. The summed E-state index contributed by atoms with van der Waals surface area (Å²) in [5.74, 6) is 1.36. The predicted molar refractivity (Wildman–Crippen MR) is 126 cm³/mol. The number of hydrogen-bond donors (Lipinski definition) is 1. The van der Waals surface area contributed by atoms with Gasteiger partial charge in [0.1, 0.15) is 23.5 Å². The Morgan fingerprint density at radius 3 is 2.90 bits per heavy atom. The van der Waals surface area contributed by atoms with Crippen molar-refractivity contribution in [3.05, 3.63) is 48.3 Å². The van der Waals surface area contributed by atoms with E-state index in [1.54, 1.807) is 17.5 Å². The molecule has 0 radical (unpaired) electrons. The Morgan fingerprint density at radius 1 is 1.29 bits per heavy atom. The molecular formula is C22H26ClN5O2S. The summed E-state index contributed by atoms with van der Waals surface area (Å²) in [6.45, 7) is 4.90. The zero-order valence-electron chi connectivity index (χ0n) is 17.8. The highest BCUT2D eigenvalue weighted by molar-refractivity contribution is 7.18. The lowest BCUT2D eigenvalue weighted by atomic mass is 10.0. The molecule has 164 valence electrons. The lowest BCUT2D eigenvalue weighted by Crippen LogP contribution is -2.19. The van der Waals surface area contributed by atoms with Gasteiger partial charge in [-0.15, -0.1) is 0 Å². The Balaban J connectivity index is 1.58. The number of hydrogen-bond acceptors (Lipinski definition) is 8. The smallest absolute Gasteiger partial charge is 0.325 e. The summed E-state index contributed by atoms with van der Waals surface area (Å²) in [5, 5.41) is 4.18. The maximum Gasteiger partial charge on any atom is 0.325 e. The number of nitrogens with zero attached hydrogens (tertiary/aromatic N) is 4. The minimum absolute atomic E-state index is 0.230. The van der Waals surface area contributed by atoms with Crippen LogP contribution in [0, 0.1) is 12.8 Å². The second kappa shape index (κ2) is 11.1. The fourth-order valence-electron chi connectivity index (χ4n) is 3.13. The molecule has 1 atom stereocenters. The van der Waals surface area contributed by atoms with Crippen molar-refractivity contribution < 1.29 is 9.08 Å². The molecule has 1 unspecified atom stereocenters. The van der Waals surface area contributed by atoms with Gasteiger partial charge in [-0.25, -0.2) is 15.0 Å². The van der Waals surface area contributed by atoms with Crippen LogP contribution < -0.4 is 10.2 Å². The fraction of sp³-hybridized carbons (Fsp3) is 0.364. The molecule has 0 saturated heterocycles. The van der Waals surface area contributed by atoms with Crippen LogP contribution in [-0.2, 0) is 9.08 Å². The standard InChI is InChI=1S/C22H26ClN5O2S/c1-15(13-21(29)30-23)6-5-11-28(3)22-25-14-18(31-22)17-7-4-8-19(26-17)27-20-12-16(2)9-10-24-20/h4,7-10,12,14-15H,5-6,11,13H2,1-3H3,(H,24,26,27). The van der Waals surface area contributed by atoms with E-state index >= 15 is 0 Å². The van der Waals surface area contributed by atoms with E-state index in [4.69, 9.17) is 16.9 Å². The first-order chi connectivity index (χ1) is 14.9. The van der Waals surface area contributed by atoms with Gasteiger partial charge in [0.2, 0.25) is 0 Å². The van der Waals surface area contributed by atoms with Gasteiger partial charge in [-0.1, -0.05) is 24.3 Å². The molecule has 0 amide bonds. The van der Waals surface area contributed by atoms with E-state index < -0.39 is 0 Å². The third-order valence-corrected chi connectivity index (χ3v) is 6.09. The summed E-state index contributed by atoms with van der Waals surface area (Å²) >= 11 is 6.70. The van der Waals surface area contributed by atoms with Crippen LogP contribution in [-0.4, -0.2) is 34.5 Å². The first kappa shape index (κ1) is 23.0. The molecule has 0 aliphatic carbocycles. The molecule has 3 heterocycles. The average Bonchev–Trinajstić information content (AvgIpc) is 3.24. The predicted octanol–water partition coefficient (Wildman–Crippen LogP) is 5.59. The van der Waals surface area contributed by atoms with Crippen molar-refractivity contribution in [1.29, 1.82) is 0 Å². The van der Waals surface area contributed by atoms with Crippen LogP contribution in [0.4, 0.5) is 16.8 Å². The highest BCUT2D eigenvalue weighted by Crippen LogP contribution is 2.30. The van der Waals surface area contributed by atoms with Crippen LogP contribution in [0.3, 0.4) is 0 Å². The van der Waals surface area contributed by atoms with Gasteiger partial charge in [0, 0.05) is 32.4 Å². The van der Waals surface area contributed by atoms with Gasteiger partial charge in [-0.3, -0.25) is 4.79 Å². The van der Waals surface area contributed by atoms with Gasteiger partial charge >= 0.3 is 5.97 Å². The van der Waals surface area contributed by atoms with Crippen molar-refractivity contribution >= 4 is 45.9 Å². The Labute approximate surface area is 191 Å². The minimum atomic E-state index is -0.380. The fourth-order valence-corrected chi connectivity index (χ4v) is 4.06. The maximum atomic E-state index is 11.2. The molecule has 0 aliphatic rings. The van der Waals surface area contributed by atoms with Crippen molar-refractivity contribution in [2.75, 3.05) is 23.8 Å². The highest BCUT2D eigenvalue weighted by atomic mass is 35.5. The van der Waals surface area contributed by atoms with E-state index in [-0.39, 0.29) is 11.9 Å². The molecule has 0 saturated carbocycles. The van der Waals surface area contributed by atoms with Crippen molar-refractivity contribution in [3.8, 4) is 10.6 Å². The van der Waals surface area contributed by atoms with Crippen molar-refractivity contribution in [1.82, 2.24) is 15.0 Å². The van der Waals surface area contributed by atoms with Crippen molar-refractivity contribution in [2.24, 2.45) is 5.92 Å². The molecule has 9 heteroatoms. The highest BCUT2D eigenvalue weighted by Gasteiger charge is 2.13. The number of thiazole rings is 1. The molecule has 1 N–H and O–H groups in total. The van der Waals surface area contributed by atoms with Crippen LogP contribution >= 0.6 is 23.2 Å². The molecule has 0 aliphatic heterocycles. The number of halogens is 1. The lowest BCUT2D eigenvalue weighted by Gasteiger charge is -2.16. The number of aromatic nitrogens is 3. The summed E-state index contributed by atoms with van der Waals surface area (Å²) < 4.78 is 4.21. The second-order valence-corrected chi connectivity index (χ2v) is 8.74. The lowest BCUT2D eigenvalue weighted by molar-refractivity contribution is -0.134. The average molecular weight is 460 g/mol. The zero-order chi connectivity index (χ0) is 22.2.